The fraction of sp³-hybridized carbons (Fsp3) is 0.345. The molecular formula is C29H32Cl2N4O3S. The molecule has 0 saturated carbocycles. The van der Waals surface area contributed by atoms with E-state index in [-0.39, 0.29) is 30.7 Å². The van der Waals surface area contributed by atoms with Crippen LogP contribution in [0.3, 0.4) is 0 Å². The van der Waals surface area contributed by atoms with Crippen LogP contribution in [-0.2, 0) is 20.9 Å². The van der Waals surface area contributed by atoms with Crippen molar-refractivity contribution in [2.75, 3.05) is 33.7 Å². The van der Waals surface area contributed by atoms with Gasteiger partial charge in [-0.1, -0.05) is 71.7 Å². The van der Waals surface area contributed by atoms with Crippen LogP contribution in [0.5, 0.6) is 0 Å². The number of benzene rings is 3. The van der Waals surface area contributed by atoms with E-state index in [1.165, 1.54) is 16.7 Å². The first-order valence-electron chi connectivity index (χ1n) is 12.8. The molecule has 1 aliphatic heterocycles. The Bertz CT molecular complexity index is 1350. The zero-order chi connectivity index (χ0) is 27.9. The molecule has 39 heavy (non-hydrogen) atoms. The Hall–Kier alpha value is -2.78. The third kappa shape index (κ3) is 7.66. The van der Waals surface area contributed by atoms with Crippen LogP contribution < -0.4 is 10.6 Å². The number of nitrogens with one attached hydrogen (secondary N) is 2. The number of rotatable bonds is 11. The molecule has 0 bridgehead atoms. The third-order valence-electron chi connectivity index (χ3n) is 6.51. The van der Waals surface area contributed by atoms with Crippen LogP contribution in [0.25, 0.3) is 10.8 Å². The summed E-state index contributed by atoms with van der Waals surface area (Å²) in [6, 6.07) is 19.1. The highest BCUT2D eigenvalue weighted by Crippen LogP contribution is 2.46. The molecule has 3 aromatic rings. The molecule has 2 N–H and O–H groups in total. The first-order valence-corrected chi connectivity index (χ1v) is 14.5. The second kappa shape index (κ2) is 13.5. The van der Waals surface area contributed by atoms with Gasteiger partial charge in [0.05, 0.1) is 5.25 Å². The standard InChI is InChI=1S/C29H32Cl2N4O3S/c1-34(2)14-6-13-32-27(37)18-35-28(38)25(39-29(35)23-12-11-21(30)15-24(23)31)16-26(36)33-17-20-9-5-8-19-7-3-4-10-22(19)20/h3-5,7-12,15,25,29H,6,13-14,16-18H2,1-2H3,(H,32,37)(H,33,36)/t25-,29-/m1/s1. The van der Waals surface area contributed by atoms with Gasteiger partial charge in [0, 0.05) is 35.1 Å². The Kier molecular flexibility index (Phi) is 10.1. The summed E-state index contributed by atoms with van der Waals surface area (Å²) in [5.41, 5.74) is 1.68. The molecule has 0 radical (unpaired) electrons. The number of fused-ring (bicyclic) bond motifs is 1. The van der Waals surface area contributed by atoms with Crippen molar-refractivity contribution < 1.29 is 14.4 Å². The van der Waals surface area contributed by atoms with Gasteiger partial charge in [-0.05, 0) is 55.5 Å². The number of hydrogen-bond donors (Lipinski definition) is 2. The Labute approximate surface area is 243 Å². The quantitative estimate of drug-likeness (QED) is 0.313. The molecule has 206 valence electrons. The van der Waals surface area contributed by atoms with Gasteiger partial charge in [0.2, 0.25) is 17.7 Å². The van der Waals surface area contributed by atoms with Crippen LogP contribution in [0.2, 0.25) is 10.0 Å². The molecule has 1 aliphatic rings. The summed E-state index contributed by atoms with van der Waals surface area (Å²) in [5.74, 6) is -0.747. The minimum atomic E-state index is -0.643. The molecule has 2 atom stereocenters. The number of halogens is 2. The number of nitrogens with zero attached hydrogens (tertiary/aromatic N) is 2. The zero-order valence-corrected chi connectivity index (χ0v) is 24.3. The van der Waals surface area contributed by atoms with Gasteiger partial charge in [-0.15, -0.1) is 11.8 Å². The Balaban J connectivity index is 1.43. The fourth-order valence-corrected chi connectivity index (χ4v) is 6.61. The molecular weight excluding hydrogens is 555 g/mol. The van der Waals surface area contributed by atoms with Crippen LogP contribution in [-0.4, -0.2) is 66.5 Å². The molecule has 3 amide bonds. The third-order valence-corrected chi connectivity index (χ3v) is 8.53. The van der Waals surface area contributed by atoms with Crippen molar-refractivity contribution in [3.8, 4) is 0 Å². The maximum Gasteiger partial charge on any atom is 0.239 e. The second-order valence-electron chi connectivity index (χ2n) is 9.73. The summed E-state index contributed by atoms with van der Waals surface area (Å²) in [7, 11) is 3.95. The average molecular weight is 588 g/mol. The Morgan fingerprint density at radius 1 is 1.00 bits per heavy atom. The van der Waals surface area contributed by atoms with Crippen LogP contribution >= 0.6 is 35.0 Å². The van der Waals surface area contributed by atoms with Crippen molar-refractivity contribution in [1.82, 2.24) is 20.4 Å². The Morgan fingerprint density at radius 3 is 2.54 bits per heavy atom. The lowest BCUT2D eigenvalue weighted by Crippen LogP contribution is -2.41. The highest BCUT2D eigenvalue weighted by molar-refractivity contribution is 8.01. The number of carbonyl (C=O) groups is 3. The highest BCUT2D eigenvalue weighted by Gasteiger charge is 2.43. The van der Waals surface area contributed by atoms with E-state index in [0.29, 0.717) is 28.7 Å². The van der Waals surface area contributed by atoms with Gasteiger partial charge < -0.3 is 20.4 Å². The van der Waals surface area contributed by atoms with Gasteiger partial charge >= 0.3 is 0 Å². The predicted octanol–water partition coefficient (Wildman–Crippen LogP) is 4.86. The summed E-state index contributed by atoms with van der Waals surface area (Å²) in [5, 5.41) is 7.76. The van der Waals surface area contributed by atoms with Gasteiger partial charge in [0.1, 0.15) is 11.9 Å². The van der Waals surface area contributed by atoms with E-state index < -0.39 is 10.6 Å². The molecule has 4 rings (SSSR count). The zero-order valence-electron chi connectivity index (χ0n) is 22.0. The summed E-state index contributed by atoms with van der Waals surface area (Å²) in [6.45, 7) is 1.60. The molecule has 0 aliphatic carbocycles. The SMILES string of the molecule is CN(C)CCCNC(=O)CN1C(=O)[C@@H](CC(=O)NCc2cccc3ccccc23)S[C@@H]1c1ccc(Cl)cc1Cl. The van der Waals surface area contributed by atoms with E-state index in [0.717, 1.165) is 29.3 Å². The van der Waals surface area contributed by atoms with Crippen molar-refractivity contribution in [3.05, 3.63) is 81.8 Å². The lowest BCUT2D eigenvalue weighted by atomic mass is 10.0. The largest absolute Gasteiger partial charge is 0.355 e. The van der Waals surface area contributed by atoms with Crippen molar-refractivity contribution in [1.29, 1.82) is 0 Å². The van der Waals surface area contributed by atoms with Gasteiger partial charge in [0.25, 0.3) is 0 Å². The summed E-state index contributed by atoms with van der Waals surface area (Å²) in [6.07, 6.45) is 0.796. The van der Waals surface area contributed by atoms with Crippen LogP contribution in [0.1, 0.15) is 29.3 Å². The maximum absolute atomic E-state index is 13.5. The molecule has 10 heteroatoms. The molecule has 1 heterocycles. The number of hydrogen-bond acceptors (Lipinski definition) is 5. The molecule has 1 saturated heterocycles. The van der Waals surface area contributed by atoms with Crippen molar-refractivity contribution in [2.24, 2.45) is 0 Å². The van der Waals surface area contributed by atoms with E-state index in [1.54, 1.807) is 18.2 Å². The van der Waals surface area contributed by atoms with Gasteiger partial charge in [-0.2, -0.15) is 0 Å². The lowest BCUT2D eigenvalue weighted by molar-refractivity contribution is -0.136. The average Bonchev–Trinajstić information content (AvgIpc) is 3.19. The molecule has 3 aromatic carbocycles. The van der Waals surface area contributed by atoms with Gasteiger partial charge in [0.15, 0.2) is 0 Å². The van der Waals surface area contributed by atoms with E-state index >= 15 is 0 Å². The highest BCUT2D eigenvalue weighted by atomic mass is 35.5. The minimum absolute atomic E-state index is 0.00305. The molecule has 0 unspecified atom stereocenters. The monoisotopic (exact) mass is 586 g/mol. The normalized spacial score (nSPS) is 17.2. The smallest absolute Gasteiger partial charge is 0.239 e. The molecule has 1 fully saturated rings. The Morgan fingerprint density at radius 2 is 1.77 bits per heavy atom. The minimum Gasteiger partial charge on any atom is -0.355 e. The molecule has 0 aromatic heterocycles. The summed E-state index contributed by atoms with van der Waals surface area (Å²) < 4.78 is 0. The predicted molar refractivity (Wildman–Crippen MR) is 159 cm³/mol. The van der Waals surface area contributed by atoms with E-state index in [4.69, 9.17) is 23.2 Å². The van der Waals surface area contributed by atoms with Crippen LogP contribution in [0.15, 0.2) is 60.7 Å². The number of amides is 3. The van der Waals surface area contributed by atoms with Crippen LogP contribution in [0, 0.1) is 0 Å². The van der Waals surface area contributed by atoms with E-state index in [9.17, 15) is 14.4 Å². The number of thioether (sulfide) groups is 1. The van der Waals surface area contributed by atoms with Gasteiger partial charge in [-0.3, -0.25) is 14.4 Å². The second-order valence-corrected chi connectivity index (χ2v) is 11.9. The molecule has 0 spiro atoms. The molecule has 7 nitrogen and oxygen atoms in total. The van der Waals surface area contributed by atoms with Crippen molar-refractivity contribution >= 4 is 63.5 Å². The lowest BCUT2D eigenvalue weighted by Gasteiger charge is -2.24. The van der Waals surface area contributed by atoms with Crippen LogP contribution in [0.4, 0.5) is 0 Å². The topological polar surface area (TPSA) is 81.8 Å². The van der Waals surface area contributed by atoms with Crippen molar-refractivity contribution in [2.45, 2.75) is 30.0 Å². The fourth-order valence-electron chi connectivity index (χ4n) is 4.54. The van der Waals surface area contributed by atoms with Crippen molar-refractivity contribution in [3.63, 3.8) is 0 Å². The first kappa shape index (κ1) is 29.2. The van der Waals surface area contributed by atoms with Gasteiger partial charge in [-0.25, -0.2) is 0 Å². The maximum atomic E-state index is 13.5. The summed E-state index contributed by atoms with van der Waals surface area (Å²) >= 11 is 13.9. The van der Waals surface area contributed by atoms with E-state index in [1.807, 2.05) is 61.5 Å². The summed E-state index contributed by atoms with van der Waals surface area (Å²) in [4.78, 5) is 42.7. The van der Waals surface area contributed by atoms with E-state index in [2.05, 4.69) is 10.6 Å². The first-order chi connectivity index (χ1) is 18.7. The number of carbonyl (C=O) groups excluding carboxylic acids is 3.